The molecule has 0 saturated heterocycles. The summed E-state index contributed by atoms with van der Waals surface area (Å²) in [4.78, 5) is 12.3. The Morgan fingerprint density at radius 1 is 1.38 bits per heavy atom. The zero-order chi connectivity index (χ0) is 14.6. The fourth-order valence-corrected chi connectivity index (χ4v) is 2.89. The summed E-state index contributed by atoms with van der Waals surface area (Å²) in [5, 5.41) is 3.48. The number of rotatable bonds is 4. The number of amides is 1. The molecule has 0 aliphatic heterocycles. The molecule has 21 heavy (non-hydrogen) atoms. The number of carbonyl (C=O) groups excluding carboxylic acids is 1. The minimum atomic E-state index is -0.729. The Morgan fingerprint density at radius 2 is 2.05 bits per heavy atom. The van der Waals surface area contributed by atoms with Crippen LogP contribution >= 0.6 is 24.0 Å². The summed E-state index contributed by atoms with van der Waals surface area (Å²) >= 11 is 6.15. The van der Waals surface area contributed by atoms with Crippen LogP contribution < -0.4 is 15.8 Å². The van der Waals surface area contributed by atoms with Gasteiger partial charge >= 0.3 is 0 Å². The van der Waals surface area contributed by atoms with Crippen LogP contribution in [0.2, 0.25) is 5.02 Å². The van der Waals surface area contributed by atoms with Gasteiger partial charge in [-0.1, -0.05) is 36.9 Å². The average Bonchev–Trinajstić information content (AvgIpc) is 2.46. The molecular weight excluding hydrogens is 311 g/mol. The molecule has 0 bridgehead atoms. The van der Waals surface area contributed by atoms with Gasteiger partial charge in [0.25, 0.3) is 0 Å². The molecule has 1 aliphatic rings. The van der Waals surface area contributed by atoms with Gasteiger partial charge in [0, 0.05) is 17.1 Å². The third-order valence-electron chi connectivity index (χ3n) is 3.92. The molecule has 0 spiro atoms. The Kier molecular flexibility index (Phi) is 6.78. The monoisotopic (exact) mass is 332 g/mol. The Bertz CT molecular complexity index is 489. The van der Waals surface area contributed by atoms with Crippen molar-refractivity contribution in [3.05, 3.63) is 28.8 Å². The van der Waals surface area contributed by atoms with Crippen LogP contribution in [0.4, 0.5) is 0 Å². The van der Waals surface area contributed by atoms with Crippen molar-refractivity contribution in [2.75, 3.05) is 7.11 Å². The number of carbonyl (C=O) groups is 1. The maximum Gasteiger partial charge on any atom is 0.240 e. The quantitative estimate of drug-likeness (QED) is 0.890. The summed E-state index contributed by atoms with van der Waals surface area (Å²) in [5.74, 6) is 0.576. The normalized spacial score (nSPS) is 16.7. The van der Waals surface area contributed by atoms with Gasteiger partial charge in [0.05, 0.1) is 12.6 Å². The highest BCUT2D eigenvalue weighted by Crippen LogP contribution is 2.28. The molecule has 0 radical (unpaired) electrons. The van der Waals surface area contributed by atoms with E-state index < -0.39 is 5.54 Å². The number of nitrogens with two attached hydrogens (primary N) is 1. The van der Waals surface area contributed by atoms with Crippen molar-refractivity contribution in [3.63, 3.8) is 0 Å². The summed E-state index contributed by atoms with van der Waals surface area (Å²) < 4.78 is 5.26. The second kappa shape index (κ2) is 7.87. The number of methoxy groups -OCH3 is 1. The number of hydrogen-bond acceptors (Lipinski definition) is 3. The van der Waals surface area contributed by atoms with Crippen LogP contribution in [0.15, 0.2) is 18.2 Å². The molecule has 1 aromatic carbocycles. The van der Waals surface area contributed by atoms with Gasteiger partial charge in [0.1, 0.15) is 5.75 Å². The number of halogens is 2. The van der Waals surface area contributed by atoms with Gasteiger partial charge in [-0.15, -0.1) is 12.4 Å². The third kappa shape index (κ3) is 4.25. The highest BCUT2D eigenvalue weighted by atomic mass is 35.5. The van der Waals surface area contributed by atoms with Gasteiger partial charge in [0.2, 0.25) is 5.91 Å². The zero-order valence-corrected chi connectivity index (χ0v) is 13.7. The van der Waals surface area contributed by atoms with Gasteiger partial charge < -0.3 is 15.8 Å². The lowest BCUT2D eigenvalue weighted by Gasteiger charge is -2.31. The van der Waals surface area contributed by atoms with Gasteiger partial charge in [-0.2, -0.15) is 0 Å². The first-order valence-electron chi connectivity index (χ1n) is 6.95. The first-order chi connectivity index (χ1) is 9.57. The Balaban J connectivity index is 0.00000220. The van der Waals surface area contributed by atoms with Crippen LogP contribution in [0.1, 0.15) is 37.7 Å². The van der Waals surface area contributed by atoms with Crippen molar-refractivity contribution in [1.82, 2.24) is 5.32 Å². The molecule has 1 amide bonds. The van der Waals surface area contributed by atoms with Crippen molar-refractivity contribution in [3.8, 4) is 5.75 Å². The lowest BCUT2D eigenvalue weighted by molar-refractivity contribution is -0.127. The van der Waals surface area contributed by atoms with E-state index in [4.69, 9.17) is 22.1 Å². The summed E-state index contributed by atoms with van der Waals surface area (Å²) in [6, 6.07) is 5.43. The molecule has 4 nitrogen and oxygen atoms in total. The maximum atomic E-state index is 12.3. The molecule has 0 unspecified atom stereocenters. The molecule has 1 aliphatic carbocycles. The van der Waals surface area contributed by atoms with E-state index in [0.717, 1.165) is 37.7 Å². The van der Waals surface area contributed by atoms with E-state index in [1.54, 1.807) is 13.2 Å². The Morgan fingerprint density at radius 3 is 2.67 bits per heavy atom. The first-order valence-corrected chi connectivity index (χ1v) is 7.33. The SMILES string of the molecule is COc1cccc(Cl)c1CNC(=O)C1(N)CCCCC1.Cl. The fourth-order valence-electron chi connectivity index (χ4n) is 2.66. The van der Waals surface area contributed by atoms with E-state index in [-0.39, 0.29) is 18.3 Å². The Labute approximate surface area is 136 Å². The lowest BCUT2D eigenvalue weighted by Crippen LogP contribution is -2.54. The third-order valence-corrected chi connectivity index (χ3v) is 4.27. The van der Waals surface area contributed by atoms with Crippen LogP contribution in [-0.2, 0) is 11.3 Å². The molecular formula is C15H22Cl2N2O2. The smallest absolute Gasteiger partial charge is 0.240 e. The van der Waals surface area contributed by atoms with Crippen molar-refractivity contribution in [2.24, 2.45) is 5.73 Å². The highest BCUT2D eigenvalue weighted by Gasteiger charge is 2.35. The van der Waals surface area contributed by atoms with Crippen molar-refractivity contribution in [1.29, 1.82) is 0 Å². The van der Waals surface area contributed by atoms with E-state index in [0.29, 0.717) is 17.3 Å². The largest absolute Gasteiger partial charge is 0.496 e. The van der Waals surface area contributed by atoms with Crippen molar-refractivity contribution >= 4 is 29.9 Å². The predicted molar refractivity (Wildman–Crippen MR) is 87.1 cm³/mol. The summed E-state index contributed by atoms with van der Waals surface area (Å²) in [6.07, 6.45) is 4.68. The Hall–Kier alpha value is -0.970. The summed E-state index contributed by atoms with van der Waals surface area (Å²) in [7, 11) is 1.59. The molecule has 6 heteroatoms. The van der Waals surface area contributed by atoms with E-state index in [1.807, 2.05) is 12.1 Å². The van der Waals surface area contributed by atoms with E-state index >= 15 is 0 Å². The number of benzene rings is 1. The minimum Gasteiger partial charge on any atom is -0.496 e. The van der Waals surface area contributed by atoms with Crippen LogP contribution in [0.3, 0.4) is 0 Å². The standard InChI is InChI=1S/C15H21ClN2O2.ClH/c1-20-13-7-5-6-12(16)11(13)10-18-14(19)15(17)8-3-2-4-9-15;/h5-7H,2-4,8-10,17H2,1H3,(H,18,19);1H. The van der Waals surface area contributed by atoms with Crippen LogP contribution in [0.25, 0.3) is 0 Å². The van der Waals surface area contributed by atoms with Crippen LogP contribution in [-0.4, -0.2) is 18.6 Å². The second-order valence-electron chi connectivity index (χ2n) is 5.32. The predicted octanol–water partition coefficient (Wildman–Crippen LogP) is 3.05. The van der Waals surface area contributed by atoms with Crippen LogP contribution in [0.5, 0.6) is 5.75 Å². The van der Waals surface area contributed by atoms with Crippen molar-refractivity contribution < 1.29 is 9.53 Å². The molecule has 0 aromatic heterocycles. The molecule has 0 heterocycles. The molecule has 118 valence electrons. The van der Waals surface area contributed by atoms with E-state index in [2.05, 4.69) is 5.32 Å². The summed E-state index contributed by atoms with van der Waals surface area (Å²) in [6.45, 7) is 0.334. The number of ether oxygens (including phenoxy) is 1. The zero-order valence-electron chi connectivity index (χ0n) is 12.2. The molecule has 3 N–H and O–H groups in total. The van der Waals surface area contributed by atoms with Crippen LogP contribution in [0, 0.1) is 0 Å². The van der Waals surface area contributed by atoms with Gasteiger partial charge in [-0.05, 0) is 25.0 Å². The molecule has 1 saturated carbocycles. The summed E-state index contributed by atoms with van der Waals surface area (Å²) in [5.41, 5.74) is 6.25. The van der Waals surface area contributed by atoms with Gasteiger partial charge in [0.15, 0.2) is 0 Å². The van der Waals surface area contributed by atoms with E-state index in [9.17, 15) is 4.79 Å². The van der Waals surface area contributed by atoms with Gasteiger partial charge in [-0.3, -0.25) is 4.79 Å². The van der Waals surface area contributed by atoms with E-state index in [1.165, 1.54) is 0 Å². The molecule has 2 rings (SSSR count). The van der Waals surface area contributed by atoms with Gasteiger partial charge in [-0.25, -0.2) is 0 Å². The minimum absolute atomic E-state index is 0. The van der Waals surface area contributed by atoms with Crippen molar-refractivity contribution in [2.45, 2.75) is 44.2 Å². The lowest BCUT2D eigenvalue weighted by atomic mass is 9.82. The second-order valence-corrected chi connectivity index (χ2v) is 5.73. The maximum absolute atomic E-state index is 12.3. The topological polar surface area (TPSA) is 64.3 Å². The molecule has 1 aromatic rings. The average molecular weight is 333 g/mol. The fraction of sp³-hybridized carbons (Fsp3) is 0.533. The molecule has 1 fully saturated rings. The first kappa shape index (κ1) is 18.1. The number of hydrogen-bond donors (Lipinski definition) is 2. The molecule has 0 atom stereocenters. The highest BCUT2D eigenvalue weighted by molar-refractivity contribution is 6.31. The number of nitrogens with one attached hydrogen (secondary N) is 1.